The predicted molar refractivity (Wildman–Crippen MR) is 78.7 cm³/mol. The quantitative estimate of drug-likeness (QED) is 0.800. The highest BCUT2D eigenvalue weighted by molar-refractivity contribution is 7.99. The van der Waals surface area contributed by atoms with Gasteiger partial charge >= 0.3 is 5.97 Å². The molecule has 0 spiro atoms. The van der Waals surface area contributed by atoms with E-state index in [0.29, 0.717) is 16.9 Å². The normalized spacial score (nSPS) is 10.9. The third kappa shape index (κ3) is 3.84. The lowest BCUT2D eigenvalue weighted by Gasteiger charge is -2.09. The molecule has 0 saturated heterocycles. The van der Waals surface area contributed by atoms with Gasteiger partial charge in [0.25, 0.3) is 0 Å². The van der Waals surface area contributed by atoms with Crippen LogP contribution in [0.15, 0.2) is 29.4 Å². The molecular weight excluding hydrogens is 274 g/mol. The van der Waals surface area contributed by atoms with Crippen molar-refractivity contribution in [2.24, 2.45) is 5.92 Å². The number of nitrogens with zero attached hydrogens (tertiary/aromatic N) is 2. The zero-order valence-electron chi connectivity index (χ0n) is 11.5. The zero-order chi connectivity index (χ0) is 14.5. The van der Waals surface area contributed by atoms with Gasteiger partial charge in [-0.15, -0.1) is 5.10 Å². The van der Waals surface area contributed by atoms with Gasteiger partial charge in [0, 0.05) is 5.56 Å². The van der Waals surface area contributed by atoms with Gasteiger partial charge in [-0.05, 0) is 17.9 Å². The third-order valence-electron chi connectivity index (χ3n) is 2.69. The smallest absolute Gasteiger partial charge is 0.313 e. The van der Waals surface area contributed by atoms with E-state index in [0.717, 1.165) is 23.7 Å². The average molecular weight is 291 g/mol. The second-order valence-corrected chi connectivity index (χ2v) is 5.85. The number of hydrogen-bond donors (Lipinski definition) is 2. The van der Waals surface area contributed by atoms with Crippen molar-refractivity contribution in [3.05, 3.63) is 29.8 Å². The number of rotatable bonds is 6. The lowest BCUT2D eigenvalue weighted by atomic mass is 9.98. The molecule has 0 amide bonds. The van der Waals surface area contributed by atoms with Crippen LogP contribution in [0.3, 0.4) is 0 Å². The maximum absolute atomic E-state index is 10.5. The van der Waals surface area contributed by atoms with Crippen LogP contribution in [0.2, 0.25) is 0 Å². The first-order chi connectivity index (χ1) is 9.56. The molecule has 0 fully saturated rings. The first-order valence-corrected chi connectivity index (χ1v) is 7.40. The number of aliphatic carboxylic acids is 1. The summed E-state index contributed by atoms with van der Waals surface area (Å²) in [6.07, 6.45) is 0.967. The molecule has 0 radical (unpaired) electrons. The minimum absolute atomic E-state index is 0.0368. The van der Waals surface area contributed by atoms with Crippen molar-refractivity contribution < 1.29 is 9.90 Å². The van der Waals surface area contributed by atoms with Gasteiger partial charge in [-0.1, -0.05) is 49.9 Å². The number of benzene rings is 1. The molecule has 2 N–H and O–H groups in total. The summed E-state index contributed by atoms with van der Waals surface area (Å²) in [6, 6.07) is 8.06. The molecule has 0 saturated carbocycles. The minimum atomic E-state index is -0.874. The summed E-state index contributed by atoms with van der Waals surface area (Å²) in [4.78, 5) is 14.9. The number of aromatic amines is 1. The summed E-state index contributed by atoms with van der Waals surface area (Å²) in [5.41, 5.74) is 2.24. The Morgan fingerprint density at radius 3 is 2.85 bits per heavy atom. The molecule has 6 heteroatoms. The van der Waals surface area contributed by atoms with Crippen LogP contribution < -0.4 is 0 Å². The van der Waals surface area contributed by atoms with Crippen LogP contribution in [0, 0.1) is 5.92 Å². The Hall–Kier alpha value is -1.82. The van der Waals surface area contributed by atoms with Crippen LogP contribution >= 0.6 is 11.8 Å². The number of thioether (sulfide) groups is 1. The Balaban J connectivity index is 2.21. The Bertz CT molecular complexity index is 596. The molecule has 2 aromatic rings. The minimum Gasteiger partial charge on any atom is -0.481 e. The molecular formula is C14H17N3O2S. The van der Waals surface area contributed by atoms with Crippen LogP contribution in [0.25, 0.3) is 11.4 Å². The van der Waals surface area contributed by atoms with Gasteiger partial charge in [-0.3, -0.25) is 9.89 Å². The van der Waals surface area contributed by atoms with Gasteiger partial charge in [0.1, 0.15) is 0 Å². The van der Waals surface area contributed by atoms with Crippen molar-refractivity contribution in [1.82, 2.24) is 15.2 Å². The van der Waals surface area contributed by atoms with Gasteiger partial charge in [0.2, 0.25) is 5.16 Å². The van der Waals surface area contributed by atoms with Crippen LogP contribution in [0.4, 0.5) is 0 Å². The summed E-state index contributed by atoms with van der Waals surface area (Å²) in [6.45, 7) is 4.34. The van der Waals surface area contributed by atoms with Crippen LogP contribution in [0.1, 0.15) is 19.4 Å². The average Bonchev–Trinajstić information content (AvgIpc) is 2.85. The summed E-state index contributed by atoms with van der Waals surface area (Å²) in [5.74, 6) is 0.334. The Labute approximate surface area is 121 Å². The highest BCUT2D eigenvalue weighted by Gasteiger charge is 2.12. The largest absolute Gasteiger partial charge is 0.481 e. The SMILES string of the molecule is CC(C)Cc1ccccc1-c1nc(SCC(=O)O)n[nH]1. The Kier molecular flexibility index (Phi) is 4.79. The van der Waals surface area contributed by atoms with E-state index in [2.05, 4.69) is 35.1 Å². The molecule has 1 heterocycles. The topological polar surface area (TPSA) is 78.9 Å². The van der Waals surface area contributed by atoms with E-state index in [1.165, 1.54) is 5.56 Å². The summed E-state index contributed by atoms with van der Waals surface area (Å²) >= 11 is 1.11. The van der Waals surface area contributed by atoms with E-state index in [9.17, 15) is 4.79 Å². The Morgan fingerprint density at radius 1 is 1.40 bits per heavy atom. The maximum Gasteiger partial charge on any atom is 0.313 e. The number of nitrogens with one attached hydrogen (secondary N) is 1. The fourth-order valence-electron chi connectivity index (χ4n) is 1.93. The highest BCUT2D eigenvalue weighted by atomic mass is 32.2. The summed E-state index contributed by atoms with van der Waals surface area (Å²) in [7, 11) is 0. The molecule has 0 aliphatic heterocycles. The van der Waals surface area contributed by atoms with Gasteiger partial charge in [-0.2, -0.15) is 0 Å². The summed E-state index contributed by atoms with van der Waals surface area (Å²) < 4.78 is 0. The number of carbonyl (C=O) groups is 1. The van der Waals surface area contributed by atoms with Crippen molar-refractivity contribution in [2.75, 3.05) is 5.75 Å². The van der Waals surface area contributed by atoms with E-state index in [1.807, 2.05) is 18.2 Å². The molecule has 0 atom stereocenters. The number of carboxylic acids is 1. The predicted octanol–water partition coefficient (Wildman–Crippen LogP) is 2.85. The van der Waals surface area contributed by atoms with Crippen LogP contribution in [-0.4, -0.2) is 32.0 Å². The van der Waals surface area contributed by atoms with Crippen molar-refractivity contribution in [3.8, 4) is 11.4 Å². The second kappa shape index (κ2) is 6.56. The van der Waals surface area contributed by atoms with E-state index < -0.39 is 5.97 Å². The molecule has 1 aromatic heterocycles. The standard InChI is InChI=1S/C14H17N3O2S/c1-9(2)7-10-5-3-4-6-11(10)13-15-14(17-16-13)20-8-12(18)19/h3-6,9H,7-8H2,1-2H3,(H,18,19)(H,15,16,17). The molecule has 20 heavy (non-hydrogen) atoms. The number of hydrogen-bond acceptors (Lipinski definition) is 4. The number of H-pyrrole nitrogens is 1. The van der Waals surface area contributed by atoms with E-state index in [1.54, 1.807) is 0 Å². The first-order valence-electron chi connectivity index (χ1n) is 6.41. The van der Waals surface area contributed by atoms with Gasteiger partial charge in [0.15, 0.2) is 5.82 Å². The van der Waals surface area contributed by atoms with Gasteiger partial charge in [0.05, 0.1) is 5.75 Å². The van der Waals surface area contributed by atoms with E-state index in [4.69, 9.17) is 5.11 Å². The van der Waals surface area contributed by atoms with Gasteiger partial charge < -0.3 is 5.11 Å². The van der Waals surface area contributed by atoms with Gasteiger partial charge in [-0.25, -0.2) is 4.98 Å². The number of carboxylic acid groups (broad SMARTS) is 1. The van der Waals surface area contributed by atoms with E-state index in [-0.39, 0.29) is 5.75 Å². The van der Waals surface area contributed by atoms with Crippen LogP contribution in [0.5, 0.6) is 0 Å². The van der Waals surface area contributed by atoms with Crippen molar-refractivity contribution in [3.63, 3.8) is 0 Å². The number of aromatic nitrogens is 3. The lowest BCUT2D eigenvalue weighted by molar-refractivity contribution is -0.133. The molecule has 106 valence electrons. The van der Waals surface area contributed by atoms with Crippen molar-refractivity contribution >= 4 is 17.7 Å². The Morgan fingerprint density at radius 2 is 2.15 bits per heavy atom. The molecule has 5 nitrogen and oxygen atoms in total. The molecule has 0 aliphatic carbocycles. The lowest BCUT2D eigenvalue weighted by Crippen LogP contribution is -1.98. The molecule has 0 unspecified atom stereocenters. The second-order valence-electron chi connectivity index (χ2n) is 4.90. The highest BCUT2D eigenvalue weighted by Crippen LogP contribution is 2.24. The van der Waals surface area contributed by atoms with Crippen LogP contribution in [-0.2, 0) is 11.2 Å². The third-order valence-corrected chi connectivity index (χ3v) is 3.52. The molecule has 0 aliphatic rings. The molecule has 2 rings (SSSR count). The van der Waals surface area contributed by atoms with Crippen molar-refractivity contribution in [2.45, 2.75) is 25.4 Å². The first kappa shape index (κ1) is 14.6. The maximum atomic E-state index is 10.5. The van der Waals surface area contributed by atoms with E-state index >= 15 is 0 Å². The van der Waals surface area contributed by atoms with Crippen molar-refractivity contribution in [1.29, 1.82) is 0 Å². The molecule has 0 bridgehead atoms. The fourth-order valence-corrected chi connectivity index (χ4v) is 2.45. The monoisotopic (exact) mass is 291 g/mol. The fraction of sp³-hybridized carbons (Fsp3) is 0.357. The summed E-state index contributed by atoms with van der Waals surface area (Å²) in [5, 5.41) is 16.0. The zero-order valence-corrected chi connectivity index (χ0v) is 12.3. The molecule has 1 aromatic carbocycles.